The number of carboxylic acid groups (broad SMARTS) is 1. The van der Waals surface area contributed by atoms with Gasteiger partial charge in [0.25, 0.3) is 0 Å². The average Bonchev–Trinajstić information content (AvgIpc) is 2.95. The summed E-state index contributed by atoms with van der Waals surface area (Å²) in [6.07, 6.45) is 1.76. The Morgan fingerprint density at radius 2 is 1.95 bits per heavy atom. The Morgan fingerprint density at radius 3 is 2.62 bits per heavy atom. The zero-order valence-electron chi connectivity index (χ0n) is 11.7. The van der Waals surface area contributed by atoms with Crippen LogP contribution in [0.1, 0.15) is 35.9 Å². The molecule has 0 unspecified atom stereocenters. The van der Waals surface area contributed by atoms with Crippen LogP contribution in [-0.2, 0) is 0 Å². The summed E-state index contributed by atoms with van der Waals surface area (Å²) in [5.74, 6) is -0.856. The standard InChI is InChI=1S/C15H14N4O2/c1-9(2)11-7-8-19(18-11)14-10-5-3-4-6-12(10)16-17-13(14)15(20)21/h3-9H,1-2H3,(H,20,21). The fraction of sp³-hybridized carbons (Fsp3) is 0.200. The third-order valence-electron chi connectivity index (χ3n) is 3.27. The Kier molecular flexibility index (Phi) is 3.13. The number of rotatable bonds is 3. The zero-order valence-corrected chi connectivity index (χ0v) is 11.7. The Balaban J connectivity index is 2.31. The molecule has 0 spiro atoms. The van der Waals surface area contributed by atoms with E-state index in [1.54, 1.807) is 16.9 Å². The fourth-order valence-electron chi connectivity index (χ4n) is 2.19. The van der Waals surface area contributed by atoms with Crippen molar-refractivity contribution in [1.82, 2.24) is 20.0 Å². The number of aromatic carboxylic acids is 1. The van der Waals surface area contributed by atoms with Gasteiger partial charge >= 0.3 is 5.97 Å². The van der Waals surface area contributed by atoms with E-state index < -0.39 is 5.97 Å². The predicted molar refractivity (Wildman–Crippen MR) is 77.7 cm³/mol. The first-order valence-corrected chi connectivity index (χ1v) is 6.62. The van der Waals surface area contributed by atoms with E-state index in [4.69, 9.17) is 0 Å². The lowest BCUT2D eigenvalue weighted by atomic mass is 10.1. The largest absolute Gasteiger partial charge is 0.476 e. The van der Waals surface area contributed by atoms with Gasteiger partial charge in [0.15, 0.2) is 5.69 Å². The molecular formula is C15H14N4O2. The van der Waals surface area contributed by atoms with Gasteiger partial charge in [0.2, 0.25) is 0 Å². The van der Waals surface area contributed by atoms with Gasteiger partial charge in [0, 0.05) is 11.6 Å². The van der Waals surface area contributed by atoms with Gasteiger partial charge in [-0.25, -0.2) is 9.48 Å². The van der Waals surface area contributed by atoms with Crippen LogP contribution >= 0.6 is 0 Å². The van der Waals surface area contributed by atoms with Gasteiger partial charge < -0.3 is 5.11 Å². The molecule has 3 aromatic rings. The van der Waals surface area contributed by atoms with Crippen molar-refractivity contribution in [1.29, 1.82) is 0 Å². The minimum Gasteiger partial charge on any atom is -0.476 e. The van der Waals surface area contributed by atoms with Crippen LogP contribution in [0.2, 0.25) is 0 Å². The average molecular weight is 282 g/mol. The van der Waals surface area contributed by atoms with Crippen molar-refractivity contribution in [2.75, 3.05) is 0 Å². The van der Waals surface area contributed by atoms with E-state index in [1.807, 2.05) is 38.1 Å². The number of hydrogen-bond donors (Lipinski definition) is 1. The molecule has 2 aromatic heterocycles. The summed E-state index contributed by atoms with van der Waals surface area (Å²) in [6, 6.07) is 9.17. The molecule has 21 heavy (non-hydrogen) atoms. The number of benzene rings is 1. The van der Waals surface area contributed by atoms with Crippen molar-refractivity contribution < 1.29 is 9.90 Å². The topological polar surface area (TPSA) is 80.9 Å². The first-order chi connectivity index (χ1) is 10.1. The highest BCUT2D eigenvalue weighted by atomic mass is 16.4. The second-order valence-electron chi connectivity index (χ2n) is 5.06. The van der Waals surface area contributed by atoms with Crippen LogP contribution in [0, 0.1) is 0 Å². The Morgan fingerprint density at radius 1 is 1.19 bits per heavy atom. The molecule has 0 aliphatic carbocycles. The van der Waals surface area contributed by atoms with Gasteiger partial charge in [-0.05, 0) is 18.1 Å². The second-order valence-corrected chi connectivity index (χ2v) is 5.06. The number of nitrogens with zero attached hydrogens (tertiary/aromatic N) is 4. The number of fused-ring (bicyclic) bond motifs is 1. The van der Waals surface area contributed by atoms with E-state index >= 15 is 0 Å². The predicted octanol–water partition coefficient (Wildman–Crippen LogP) is 2.64. The molecule has 106 valence electrons. The molecule has 6 nitrogen and oxygen atoms in total. The maximum atomic E-state index is 11.4. The van der Waals surface area contributed by atoms with Crippen LogP contribution in [0.4, 0.5) is 0 Å². The van der Waals surface area contributed by atoms with Crippen molar-refractivity contribution in [3.63, 3.8) is 0 Å². The van der Waals surface area contributed by atoms with E-state index in [2.05, 4.69) is 15.3 Å². The number of aromatic nitrogens is 4. The van der Waals surface area contributed by atoms with E-state index in [9.17, 15) is 9.90 Å². The highest BCUT2D eigenvalue weighted by Crippen LogP contribution is 2.23. The molecule has 3 rings (SSSR count). The Bertz CT molecular complexity index is 823. The molecule has 0 fully saturated rings. The van der Waals surface area contributed by atoms with Crippen LogP contribution in [-0.4, -0.2) is 31.1 Å². The van der Waals surface area contributed by atoms with Gasteiger partial charge in [-0.15, -0.1) is 10.2 Å². The van der Waals surface area contributed by atoms with E-state index in [0.717, 1.165) is 5.69 Å². The third kappa shape index (κ3) is 2.24. The number of hydrogen-bond acceptors (Lipinski definition) is 4. The molecule has 6 heteroatoms. The van der Waals surface area contributed by atoms with Crippen molar-refractivity contribution in [3.8, 4) is 5.69 Å². The molecule has 0 amide bonds. The first-order valence-electron chi connectivity index (χ1n) is 6.62. The Labute approximate surface area is 121 Å². The molecular weight excluding hydrogens is 268 g/mol. The summed E-state index contributed by atoms with van der Waals surface area (Å²) in [5, 5.41) is 22.3. The van der Waals surface area contributed by atoms with Gasteiger partial charge in [0.05, 0.1) is 11.2 Å². The highest BCUT2D eigenvalue weighted by Gasteiger charge is 2.19. The second kappa shape index (κ2) is 4.97. The van der Waals surface area contributed by atoms with Gasteiger partial charge in [-0.2, -0.15) is 5.10 Å². The molecule has 0 aliphatic rings. The zero-order chi connectivity index (χ0) is 15.0. The SMILES string of the molecule is CC(C)c1ccn(-c2c(C(=O)O)nnc3ccccc23)n1. The summed E-state index contributed by atoms with van der Waals surface area (Å²) in [4.78, 5) is 11.4. The molecule has 0 bridgehead atoms. The first kappa shape index (κ1) is 13.2. The molecule has 0 saturated heterocycles. The van der Waals surface area contributed by atoms with Crippen LogP contribution in [0.5, 0.6) is 0 Å². The van der Waals surface area contributed by atoms with Crippen molar-refractivity contribution in [2.45, 2.75) is 19.8 Å². The molecule has 1 aromatic carbocycles. The van der Waals surface area contributed by atoms with E-state index in [-0.39, 0.29) is 11.6 Å². The summed E-state index contributed by atoms with van der Waals surface area (Å²) in [6.45, 7) is 4.07. The summed E-state index contributed by atoms with van der Waals surface area (Å²) < 4.78 is 1.57. The van der Waals surface area contributed by atoms with Crippen molar-refractivity contribution in [3.05, 3.63) is 47.9 Å². The van der Waals surface area contributed by atoms with Crippen LogP contribution < -0.4 is 0 Å². The monoisotopic (exact) mass is 282 g/mol. The molecule has 1 N–H and O–H groups in total. The highest BCUT2D eigenvalue weighted by molar-refractivity contribution is 5.98. The molecule has 0 radical (unpaired) electrons. The number of carbonyl (C=O) groups is 1. The van der Waals surface area contributed by atoms with Gasteiger partial charge in [-0.1, -0.05) is 32.0 Å². The lowest BCUT2D eigenvalue weighted by molar-refractivity contribution is 0.0689. The Hall–Kier alpha value is -2.76. The van der Waals surface area contributed by atoms with Gasteiger partial charge in [0.1, 0.15) is 5.69 Å². The number of carboxylic acids is 1. The smallest absolute Gasteiger partial charge is 0.358 e. The molecule has 0 aliphatic heterocycles. The normalized spacial score (nSPS) is 11.2. The quantitative estimate of drug-likeness (QED) is 0.798. The molecule has 0 saturated carbocycles. The lowest BCUT2D eigenvalue weighted by Crippen LogP contribution is -2.11. The van der Waals surface area contributed by atoms with Gasteiger partial charge in [-0.3, -0.25) is 0 Å². The maximum absolute atomic E-state index is 11.4. The minimum absolute atomic E-state index is 0.105. The van der Waals surface area contributed by atoms with Crippen molar-refractivity contribution >= 4 is 16.9 Å². The third-order valence-corrected chi connectivity index (χ3v) is 3.27. The van der Waals surface area contributed by atoms with Crippen LogP contribution in [0.15, 0.2) is 36.5 Å². The maximum Gasteiger partial charge on any atom is 0.358 e. The van der Waals surface area contributed by atoms with E-state index in [0.29, 0.717) is 16.6 Å². The summed E-state index contributed by atoms with van der Waals surface area (Å²) in [7, 11) is 0. The summed E-state index contributed by atoms with van der Waals surface area (Å²) >= 11 is 0. The van der Waals surface area contributed by atoms with Crippen LogP contribution in [0.25, 0.3) is 16.6 Å². The van der Waals surface area contributed by atoms with Crippen molar-refractivity contribution in [2.24, 2.45) is 0 Å². The lowest BCUT2D eigenvalue weighted by Gasteiger charge is -2.08. The minimum atomic E-state index is -1.12. The van der Waals surface area contributed by atoms with Crippen LogP contribution in [0.3, 0.4) is 0 Å². The van der Waals surface area contributed by atoms with E-state index in [1.165, 1.54) is 0 Å². The molecule has 2 heterocycles. The summed E-state index contributed by atoms with van der Waals surface area (Å²) in [5.41, 5.74) is 1.87. The fourth-order valence-corrected chi connectivity index (χ4v) is 2.19. The molecule has 0 atom stereocenters.